The molecule has 2 atom stereocenters. The summed E-state index contributed by atoms with van der Waals surface area (Å²) in [6.45, 7) is 6.50. The first-order valence-corrected chi connectivity index (χ1v) is 15.0. The van der Waals surface area contributed by atoms with Gasteiger partial charge < -0.3 is 15.0 Å². The van der Waals surface area contributed by atoms with Crippen LogP contribution in [0.1, 0.15) is 38.3 Å². The number of carbonyl (C=O) groups excluding carboxylic acids is 2. The third-order valence-electron chi connectivity index (χ3n) is 6.75. The number of halogens is 2. The van der Waals surface area contributed by atoms with Crippen LogP contribution < -0.4 is 14.4 Å². The van der Waals surface area contributed by atoms with Gasteiger partial charge in [-0.2, -0.15) is 0 Å². The molecule has 0 aliphatic rings. The summed E-state index contributed by atoms with van der Waals surface area (Å²) in [4.78, 5) is 28.3. The van der Waals surface area contributed by atoms with Crippen molar-refractivity contribution in [2.75, 3.05) is 18.0 Å². The summed E-state index contributed by atoms with van der Waals surface area (Å²) in [5.41, 5.74) is 1.58. The SMILES string of the molecule is CC[C@H](C)NC(=O)[C@H](C)N(Cc1ccc(F)cc1)C(=O)CN(c1ccc(OC)c(Cl)c1)S(=O)(=O)c1ccc(C)cc1. The van der Waals surface area contributed by atoms with Gasteiger partial charge in [-0.05, 0) is 75.2 Å². The van der Waals surface area contributed by atoms with E-state index in [0.717, 1.165) is 9.87 Å². The molecule has 8 nitrogen and oxygen atoms in total. The molecule has 0 bridgehead atoms. The standard InChI is InChI=1S/C30H35ClFN3O5S/c1-6-21(3)33-30(37)22(4)34(18-23-9-11-24(32)12-10-23)29(36)19-35(25-13-16-28(40-5)27(31)17-25)41(38,39)26-14-7-20(2)8-15-26/h7-17,21-22H,6,18-19H2,1-5H3,(H,33,37)/t21-,22-/m0/s1. The Morgan fingerprint density at radius 2 is 1.66 bits per heavy atom. The predicted octanol–water partition coefficient (Wildman–Crippen LogP) is 5.32. The van der Waals surface area contributed by atoms with Crippen molar-refractivity contribution in [3.05, 3.63) is 88.7 Å². The van der Waals surface area contributed by atoms with Gasteiger partial charge in [-0.15, -0.1) is 0 Å². The molecule has 0 aliphatic heterocycles. The van der Waals surface area contributed by atoms with Crippen LogP contribution in [0.5, 0.6) is 5.75 Å². The van der Waals surface area contributed by atoms with Gasteiger partial charge in [0.1, 0.15) is 24.2 Å². The molecular formula is C30H35ClFN3O5S. The van der Waals surface area contributed by atoms with E-state index in [2.05, 4.69) is 5.32 Å². The molecular weight excluding hydrogens is 569 g/mol. The summed E-state index contributed by atoms with van der Waals surface area (Å²) in [6.07, 6.45) is 0.686. The largest absolute Gasteiger partial charge is 0.495 e. The maximum Gasteiger partial charge on any atom is 0.264 e. The van der Waals surface area contributed by atoms with E-state index in [4.69, 9.17) is 16.3 Å². The Hall–Kier alpha value is -3.63. The van der Waals surface area contributed by atoms with E-state index in [1.165, 1.54) is 66.6 Å². The normalized spacial score (nSPS) is 12.8. The van der Waals surface area contributed by atoms with Crippen molar-refractivity contribution < 1.29 is 27.1 Å². The molecule has 0 unspecified atom stereocenters. The summed E-state index contributed by atoms with van der Waals surface area (Å²) in [5.74, 6) is -1.14. The number of amides is 2. The molecule has 3 aromatic carbocycles. The number of hydrogen-bond acceptors (Lipinski definition) is 5. The lowest BCUT2D eigenvalue weighted by atomic mass is 10.1. The molecule has 0 aliphatic carbocycles. The quantitative estimate of drug-likeness (QED) is 0.302. The second-order valence-electron chi connectivity index (χ2n) is 9.79. The van der Waals surface area contributed by atoms with Crippen molar-refractivity contribution in [2.45, 2.75) is 57.6 Å². The molecule has 0 spiro atoms. The number of benzene rings is 3. The predicted molar refractivity (Wildman–Crippen MR) is 158 cm³/mol. The van der Waals surface area contributed by atoms with E-state index in [-0.39, 0.29) is 28.2 Å². The number of sulfonamides is 1. The van der Waals surface area contributed by atoms with Gasteiger partial charge in [0.05, 0.1) is 22.7 Å². The van der Waals surface area contributed by atoms with Crippen LogP contribution in [0.3, 0.4) is 0 Å². The fraction of sp³-hybridized carbons (Fsp3) is 0.333. The Labute approximate surface area is 246 Å². The number of rotatable bonds is 12. The lowest BCUT2D eigenvalue weighted by Crippen LogP contribution is -2.52. The molecule has 0 radical (unpaired) electrons. The summed E-state index contributed by atoms with van der Waals surface area (Å²) in [5, 5.41) is 3.03. The van der Waals surface area contributed by atoms with Gasteiger partial charge >= 0.3 is 0 Å². The van der Waals surface area contributed by atoms with E-state index in [9.17, 15) is 22.4 Å². The molecule has 0 aromatic heterocycles. The summed E-state index contributed by atoms with van der Waals surface area (Å²) < 4.78 is 47.6. The molecule has 1 N–H and O–H groups in total. The second-order valence-corrected chi connectivity index (χ2v) is 12.1. The van der Waals surface area contributed by atoms with Crippen LogP contribution in [-0.4, -0.2) is 50.9 Å². The monoisotopic (exact) mass is 603 g/mol. The Morgan fingerprint density at radius 1 is 1.02 bits per heavy atom. The number of ether oxygens (including phenoxy) is 1. The fourth-order valence-corrected chi connectivity index (χ4v) is 5.67. The fourth-order valence-electron chi connectivity index (χ4n) is 4.01. The zero-order valence-electron chi connectivity index (χ0n) is 23.7. The zero-order chi connectivity index (χ0) is 30.3. The van der Waals surface area contributed by atoms with Gasteiger partial charge in [0.2, 0.25) is 11.8 Å². The molecule has 2 amide bonds. The number of carbonyl (C=O) groups is 2. The lowest BCUT2D eigenvalue weighted by Gasteiger charge is -2.32. The highest BCUT2D eigenvalue weighted by Gasteiger charge is 2.33. The van der Waals surface area contributed by atoms with Gasteiger partial charge in [0.15, 0.2) is 0 Å². The smallest absolute Gasteiger partial charge is 0.264 e. The number of nitrogens with zero attached hydrogens (tertiary/aromatic N) is 2. The van der Waals surface area contributed by atoms with Crippen LogP contribution >= 0.6 is 11.6 Å². The number of methoxy groups -OCH3 is 1. The van der Waals surface area contributed by atoms with E-state index in [0.29, 0.717) is 17.7 Å². The average molecular weight is 604 g/mol. The van der Waals surface area contributed by atoms with Crippen LogP contribution in [0.25, 0.3) is 0 Å². The molecule has 3 rings (SSSR count). The molecule has 0 saturated heterocycles. The van der Waals surface area contributed by atoms with Crippen LogP contribution in [0, 0.1) is 12.7 Å². The minimum Gasteiger partial charge on any atom is -0.495 e. The average Bonchev–Trinajstić information content (AvgIpc) is 2.95. The zero-order valence-corrected chi connectivity index (χ0v) is 25.3. The molecule has 0 saturated carbocycles. The van der Waals surface area contributed by atoms with Crippen LogP contribution in [-0.2, 0) is 26.2 Å². The van der Waals surface area contributed by atoms with Gasteiger partial charge in [-0.25, -0.2) is 12.8 Å². The molecule has 220 valence electrons. The maximum absolute atomic E-state index is 13.9. The lowest BCUT2D eigenvalue weighted by molar-refractivity contribution is -0.139. The second kappa shape index (κ2) is 13.8. The van der Waals surface area contributed by atoms with Crippen LogP contribution in [0.2, 0.25) is 5.02 Å². The van der Waals surface area contributed by atoms with Gasteiger partial charge in [0.25, 0.3) is 10.0 Å². The third-order valence-corrected chi connectivity index (χ3v) is 8.83. The summed E-state index contributed by atoms with van der Waals surface area (Å²) in [6, 6.07) is 15.1. The number of nitrogens with one attached hydrogen (secondary N) is 1. The summed E-state index contributed by atoms with van der Waals surface area (Å²) in [7, 11) is -2.81. The van der Waals surface area contributed by atoms with Crippen LogP contribution in [0.4, 0.5) is 10.1 Å². The Bertz CT molecular complexity index is 1470. The van der Waals surface area contributed by atoms with Crippen molar-refractivity contribution in [1.82, 2.24) is 10.2 Å². The topological polar surface area (TPSA) is 96.0 Å². The maximum atomic E-state index is 13.9. The van der Waals surface area contributed by atoms with Crippen molar-refractivity contribution in [3.8, 4) is 5.75 Å². The summed E-state index contributed by atoms with van der Waals surface area (Å²) >= 11 is 6.34. The Morgan fingerprint density at radius 3 is 2.22 bits per heavy atom. The first-order chi connectivity index (χ1) is 19.4. The van der Waals surface area contributed by atoms with E-state index in [1.54, 1.807) is 19.1 Å². The van der Waals surface area contributed by atoms with E-state index < -0.39 is 40.2 Å². The van der Waals surface area contributed by atoms with Crippen LogP contribution in [0.15, 0.2) is 71.6 Å². The van der Waals surface area contributed by atoms with Crippen molar-refractivity contribution in [3.63, 3.8) is 0 Å². The third kappa shape index (κ3) is 7.98. The minimum absolute atomic E-state index is 0.0181. The van der Waals surface area contributed by atoms with E-state index in [1.807, 2.05) is 20.8 Å². The number of aryl methyl sites for hydroxylation is 1. The Balaban J connectivity index is 2.06. The van der Waals surface area contributed by atoms with Gasteiger partial charge in [0, 0.05) is 12.6 Å². The van der Waals surface area contributed by atoms with Crippen molar-refractivity contribution in [1.29, 1.82) is 0 Å². The molecule has 41 heavy (non-hydrogen) atoms. The molecule has 11 heteroatoms. The molecule has 3 aromatic rings. The van der Waals surface area contributed by atoms with E-state index >= 15 is 0 Å². The van der Waals surface area contributed by atoms with Gasteiger partial charge in [-0.3, -0.25) is 13.9 Å². The highest BCUT2D eigenvalue weighted by atomic mass is 35.5. The number of anilines is 1. The molecule has 0 heterocycles. The Kier molecular flexibility index (Phi) is 10.8. The minimum atomic E-state index is -4.25. The first kappa shape index (κ1) is 31.9. The molecule has 0 fully saturated rings. The highest BCUT2D eigenvalue weighted by Crippen LogP contribution is 2.32. The van der Waals surface area contributed by atoms with Gasteiger partial charge in [-0.1, -0.05) is 48.4 Å². The highest BCUT2D eigenvalue weighted by molar-refractivity contribution is 7.92. The number of hydrogen-bond donors (Lipinski definition) is 1. The van der Waals surface area contributed by atoms with Crippen molar-refractivity contribution in [2.24, 2.45) is 0 Å². The van der Waals surface area contributed by atoms with Crippen molar-refractivity contribution >= 4 is 39.1 Å². The first-order valence-electron chi connectivity index (χ1n) is 13.1.